The fraction of sp³-hybridized carbons (Fsp3) is 0.385. The number of halogens is 1. The number of amides is 2. The van der Waals surface area contributed by atoms with Gasteiger partial charge in [0.25, 0.3) is 11.6 Å². The fourth-order valence-electron chi connectivity index (χ4n) is 4.19. The van der Waals surface area contributed by atoms with Crippen LogP contribution in [0.1, 0.15) is 24.0 Å². The van der Waals surface area contributed by atoms with E-state index in [2.05, 4.69) is 5.32 Å². The van der Waals surface area contributed by atoms with Gasteiger partial charge in [-0.15, -0.1) is 11.8 Å². The molecule has 0 spiro atoms. The number of rotatable bonds is 12. The Kier molecular flexibility index (Phi) is 9.54. The van der Waals surface area contributed by atoms with Crippen molar-refractivity contribution in [2.75, 3.05) is 12.4 Å². The predicted octanol–water partition coefficient (Wildman–Crippen LogP) is 2.58. The van der Waals surface area contributed by atoms with Crippen molar-refractivity contribution in [3.05, 3.63) is 75.8 Å². The number of alkyl halides is 1. The number of benzene rings is 2. The average molecular weight is 576 g/mol. The largest absolute Gasteiger partial charge is 0.458 e. The van der Waals surface area contributed by atoms with Crippen LogP contribution in [0.3, 0.4) is 0 Å². The molecule has 0 bridgehead atoms. The van der Waals surface area contributed by atoms with Crippen LogP contribution in [0.2, 0.25) is 0 Å². The second-order valence-electron chi connectivity index (χ2n) is 8.99. The standard InChI is InChI=1S/C26H26ClN3O8S/c27-23(26(34)38-14-17-8-10-18(11-9-17)30(35)36)29-24(33)22(28-21(32)13-16-5-2-1-3-6-16)25(29)39-15-19(31)20-7-4-12-37-20/h1-3,5-6,8-11,20,22-23,25H,4,7,12-15H2,(H,28,32). The van der Waals surface area contributed by atoms with E-state index in [1.807, 2.05) is 6.07 Å². The lowest BCUT2D eigenvalue weighted by Crippen LogP contribution is -2.72. The molecule has 11 nitrogen and oxygen atoms in total. The summed E-state index contributed by atoms with van der Waals surface area (Å²) in [5, 5.41) is 12.7. The van der Waals surface area contributed by atoms with E-state index < -0.39 is 39.8 Å². The van der Waals surface area contributed by atoms with E-state index in [0.29, 0.717) is 18.6 Å². The number of Topliss-reactive ketones (excluding diaryl/α,β-unsaturated/α-hetero) is 1. The molecular weight excluding hydrogens is 550 g/mol. The summed E-state index contributed by atoms with van der Waals surface area (Å²) in [6.07, 6.45) is 0.957. The maximum Gasteiger partial charge on any atom is 0.345 e. The zero-order valence-corrected chi connectivity index (χ0v) is 22.3. The molecule has 4 atom stereocenters. The predicted molar refractivity (Wildman–Crippen MR) is 142 cm³/mol. The summed E-state index contributed by atoms with van der Waals surface area (Å²) in [5.74, 6) is -2.01. The number of carbonyl (C=O) groups excluding carboxylic acids is 4. The number of nitrogens with zero attached hydrogens (tertiary/aromatic N) is 2. The van der Waals surface area contributed by atoms with Crippen LogP contribution in [0.25, 0.3) is 0 Å². The Balaban J connectivity index is 1.39. The van der Waals surface area contributed by atoms with E-state index in [9.17, 15) is 29.3 Å². The lowest BCUT2D eigenvalue weighted by Gasteiger charge is -2.47. The molecule has 0 saturated carbocycles. The summed E-state index contributed by atoms with van der Waals surface area (Å²) in [7, 11) is 0. The van der Waals surface area contributed by atoms with Crippen LogP contribution in [-0.2, 0) is 41.7 Å². The summed E-state index contributed by atoms with van der Waals surface area (Å²) in [4.78, 5) is 62.3. The number of β-lactam (4-membered cyclic amide) rings is 1. The first-order valence-corrected chi connectivity index (χ1v) is 13.7. The molecule has 0 radical (unpaired) electrons. The number of nitrogens with one attached hydrogen (secondary N) is 1. The molecular formula is C26H26ClN3O8S. The van der Waals surface area contributed by atoms with Gasteiger partial charge in [-0.1, -0.05) is 41.9 Å². The lowest BCUT2D eigenvalue weighted by molar-refractivity contribution is -0.384. The monoisotopic (exact) mass is 575 g/mol. The minimum atomic E-state index is -1.51. The second-order valence-corrected chi connectivity index (χ2v) is 10.5. The van der Waals surface area contributed by atoms with Gasteiger partial charge in [0.15, 0.2) is 5.78 Å². The van der Waals surface area contributed by atoms with Crippen LogP contribution >= 0.6 is 23.4 Å². The van der Waals surface area contributed by atoms with E-state index >= 15 is 0 Å². The van der Waals surface area contributed by atoms with Gasteiger partial charge in [0.1, 0.15) is 24.1 Å². The fourth-order valence-corrected chi connectivity index (χ4v) is 5.82. The normalized spacial score (nSPS) is 21.1. The number of likely N-dealkylation sites (tertiary alicyclic amines) is 1. The van der Waals surface area contributed by atoms with Gasteiger partial charge in [-0.3, -0.25) is 29.4 Å². The second kappa shape index (κ2) is 13.0. The molecule has 2 amide bonds. The molecule has 2 fully saturated rings. The van der Waals surface area contributed by atoms with Gasteiger partial charge in [-0.2, -0.15) is 0 Å². The number of esters is 1. The van der Waals surface area contributed by atoms with Crippen molar-refractivity contribution < 1.29 is 33.6 Å². The SMILES string of the molecule is O=C(Cc1ccccc1)NC1C(=O)N(C(Cl)C(=O)OCc2ccc([N+](=O)[O-])cc2)C1SCC(=O)C1CCCO1. The Bertz CT molecular complexity index is 1220. The topological polar surface area (TPSA) is 145 Å². The third-order valence-corrected chi connectivity index (χ3v) is 7.94. The number of non-ortho nitro benzene ring substituents is 1. The van der Waals surface area contributed by atoms with Crippen LogP contribution in [0.15, 0.2) is 54.6 Å². The van der Waals surface area contributed by atoms with Gasteiger partial charge < -0.3 is 14.8 Å². The molecule has 2 aromatic carbocycles. The number of carbonyl (C=O) groups is 4. The van der Waals surface area contributed by atoms with Crippen LogP contribution in [-0.4, -0.2) is 68.8 Å². The van der Waals surface area contributed by atoms with Crippen LogP contribution in [0.5, 0.6) is 0 Å². The van der Waals surface area contributed by atoms with E-state index in [-0.39, 0.29) is 36.2 Å². The van der Waals surface area contributed by atoms with E-state index in [1.165, 1.54) is 24.3 Å². The number of nitro groups is 1. The van der Waals surface area contributed by atoms with Crippen molar-refractivity contribution in [1.29, 1.82) is 0 Å². The number of hydrogen-bond acceptors (Lipinski definition) is 9. The Morgan fingerprint density at radius 1 is 1.15 bits per heavy atom. The van der Waals surface area contributed by atoms with Crippen molar-refractivity contribution in [1.82, 2.24) is 10.2 Å². The van der Waals surface area contributed by atoms with Crippen LogP contribution in [0, 0.1) is 10.1 Å². The highest BCUT2D eigenvalue weighted by atomic mass is 35.5. The minimum Gasteiger partial charge on any atom is -0.458 e. The Morgan fingerprint density at radius 3 is 2.51 bits per heavy atom. The van der Waals surface area contributed by atoms with Gasteiger partial charge in [0.05, 0.1) is 17.1 Å². The van der Waals surface area contributed by atoms with Crippen molar-refractivity contribution >= 4 is 52.6 Å². The first kappa shape index (κ1) is 28.5. The van der Waals surface area contributed by atoms with Crippen molar-refractivity contribution in [3.8, 4) is 0 Å². The molecule has 4 rings (SSSR count). The lowest BCUT2D eigenvalue weighted by atomic mass is 10.1. The third kappa shape index (κ3) is 7.14. The van der Waals surface area contributed by atoms with Crippen molar-refractivity contribution in [2.24, 2.45) is 0 Å². The highest BCUT2D eigenvalue weighted by Gasteiger charge is 2.53. The molecule has 2 saturated heterocycles. The van der Waals surface area contributed by atoms with Gasteiger partial charge in [-0.05, 0) is 36.1 Å². The molecule has 13 heteroatoms. The molecule has 4 unspecified atom stereocenters. The highest BCUT2D eigenvalue weighted by molar-refractivity contribution is 8.00. The Labute approximate surface area is 233 Å². The molecule has 2 aromatic rings. The average Bonchev–Trinajstić information content (AvgIpc) is 3.48. The Hall–Kier alpha value is -3.48. The summed E-state index contributed by atoms with van der Waals surface area (Å²) >= 11 is 7.43. The first-order valence-electron chi connectivity index (χ1n) is 12.2. The van der Waals surface area contributed by atoms with E-state index in [4.69, 9.17) is 21.1 Å². The quantitative estimate of drug-likeness (QED) is 0.101. The number of hydrogen-bond donors (Lipinski definition) is 1. The van der Waals surface area contributed by atoms with Gasteiger partial charge in [-0.25, -0.2) is 4.79 Å². The van der Waals surface area contributed by atoms with Crippen LogP contribution < -0.4 is 5.32 Å². The maximum absolute atomic E-state index is 13.0. The first-order chi connectivity index (χ1) is 18.7. The summed E-state index contributed by atoms with van der Waals surface area (Å²) in [6, 6.07) is 13.5. The minimum absolute atomic E-state index is 0.00558. The van der Waals surface area contributed by atoms with Gasteiger partial charge in [0, 0.05) is 18.7 Å². The summed E-state index contributed by atoms with van der Waals surface area (Å²) in [5.41, 5.74) is -0.356. The van der Waals surface area contributed by atoms with E-state index in [1.54, 1.807) is 24.3 Å². The highest BCUT2D eigenvalue weighted by Crippen LogP contribution is 2.34. The number of ether oxygens (including phenoxy) is 2. The van der Waals surface area contributed by atoms with E-state index in [0.717, 1.165) is 28.6 Å². The number of thioether (sulfide) groups is 1. The molecule has 206 valence electrons. The van der Waals surface area contributed by atoms with Crippen molar-refractivity contribution in [3.63, 3.8) is 0 Å². The molecule has 0 aromatic heterocycles. The van der Waals surface area contributed by atoms with Gasteiger partial charge in [0.2, 0.25) is 11.4 Å². The van der Waals surface area contributed by atoms with Gasteiger partial charge >= 0.3 is 5.97 Å². The summed E-state index contributed by atoms with van der Waals surface area (Å²) in [6.45, 7) is 0.298. The molecule has 39 heavy (non-hydrogen) atoms. The molecule has 0 aliphatic carbocycles. The van der Waals surface area contributed by atoms with Crippen LogP contribution in [0.4, 0.5) is 5.69 Å². The number of nitro benzene ring substituents is 1. The smallest absolute Gasteiger partial charge is 0.345 e. The Morgan fingerprint density at radius 2 is 1.87 bits per heavy atom. The molecule has 2 heterocycles. The number of ketones is 1. The molecule has 2 aliphatic rings. The van der Waals surface area contributed by atoms with Crippen molar-refractivity contribution in [2.45, 2.75) is 48.9 Å². The molecule has 1 N–H and O–H groups in total. The third-order valence-electron chi connectivity index (χ3n) is 6.26. The zero-order valence-electron chi connectivity index (χ0n) is 20.7. The zero-order chi connectivity index (χ0) is 27.9. The molecule has 2 aliphatic heterocycles. The maximum atomic E-state index is 13.0. The summed E-state index contributed by atoms with van der Waals surface area (Å²) < 4.78 is 10.7.